The molecule has 254 valence electrons. The minimum atomic E-state index is -0.481. The molecule has 0 unspecified atom stereocenters. The van der Waals surface area contributed by atoms with E-state index in [-0.39, 0.29) is 0 Å². The lowest BCUT2D eigenvalue weighted by Gasteiger charge is -2.35. The maximum absolute atomic E-state index is 2.41. The van der Waals surface area contributed by atoms with Crippen molar-refractivity contribution in [3.05, 3.63) is 247 Å². The van der Waals surface area contributed by atoms with Crippen LogP contribution in [0.3, 0.4) is 0 Å². The Bertz CT molecular complexity index is 2700. The van der Waals surface area contributed by atoms with Crippen molar-refractivity contribution in [3.63, 3.8) is 0 Å². The molecule has 9 aromatic rings. The molecular formula is C53H37N. The van der Waals surface area contributed by atoms with E-state index in [2.05, 4.69) is 229 Å². The van der Waals surface area contributed by atoms with Crippen LogP contribution in [-0.4, -0.2) is 0 Å². The molecular weight excluding hydrogens is 651 g/mol. The molecule has 0 saturated heterocycles. The summed E-state index contributed by atoms with van der Waals surface area (Å²) < 4.78 is 0. The van der Waals surface area contributed by atoms with Crippen molar-refractivity contribution in [1.82, 2.24) is 0 Å². The van der Waals surface area contributed by atoms with Gasteiger partial charge in [-0.1, -0.05) is 188 Å². The maximum Gasteiger partial charge on any atom is 0.0714 e. The molecule has 0 saturated carbocycles. The summed E-state index contributed by atoms with van der Waals surface area (Å²) in [5.41, 5.74) is 15.4. The molecule has 0 spiro atoms. The summed E-state index contributed by atoms with van der Waals surface area (Å²) in [5.74, 6) is 0. The molecule has 0 N–H and O–H groups in total. The molecule has 0 amide bonds. The third-order valence-electron chi connectivity index (χ3n) is 11.2. The summed E-state index contributed by atoms with van der Waals surface area (Å²) in [6, 6.07) is 82.0. The Morgan fingerprint density at radius 1 is 0.296 bits per heavy atom. The van der Waals surface area contributed by atoms with Gasteiger partial charge in [0.25, 0.3) is 0 Å². The summed E-state index contributed by atoms with van der Waals surface area (Å²) in [6.45, 7) is 0. The third kappa shape index (κ3) is 5.17. The number of fused-ring (bicyclic) bond motifs is 4. The van der Waals surface area contributed by atoms with Crippen LogP contribution in [0.15, 0.2) is 224 Å². The van der Waals surface area contributed by atoms with Crippen molar-refractivity contribution < 1.29 is 0 Å². The quantitative estimate of drug-likeness (QED) is 0.161. The largest absolute Gasteiger partial charge is 0.310 e. The van der Waals surface area contributed by atoms with E-state index < -0.39 is 5.41 Å². The van der Waals surface area contributed by atoms with Crippen molar-refractivity contribution in [3.8, 4) is 33.4 Å². The number of rotatable bonds is 7. The Kier molecular flexibility index (Phi) is 7.78. The highest BCUT2D eigenvalue weighted by Gasteiger charge is 2.46. The van der Waals surface area contributed by atoms with Crippen LogP contribution in [0.5, 0.6) is 0 Å². The molecule has 1 aliphatic carbocycles. The summed E-state index contributed by atoms with van der Waals surface area (Å²) >= 11 is 0. The fraction of sp³-hybridized carbons (Fsp3) is 0.0189. The first-order valence-electron chi connectivity index (χ1n) is 18.7. The first-order valence-corrected chi connectivity index (χ1v) is 18.7. The van der Waals surface area contributed by atoms with Crippen molar-refractivity contribution in [2.45, 2.75) is 5.41 Å². The molecule has 54 heavy (non-hydrogen) atoms. The molecule has 0 aliphatic heterocycles. The Morgan fingerprint density at radius 3 is 1.46 bits per heavy atom. The van der Waals surface area contributed by atoms with Crippen LogP contribution in [0.1, 0.15) is 22.3 Å². The molecule has 1 aliphatic rings. The molecule has 1 heteroatoms. The van der Waals surface area contributed by atoms with Gasteiger partial charge < -0.3 is 4.90 Å². The molecule has 0 fully saturated rings. The molecule has 0 bridgehead atoms. The molecule has 0 atom stereocenters. The van der Waals surface area contributed by atoms with E-state index in [0.29, 0.717) is 0 Å². The average Bonchev–Trinajstić information content (AvgIpc) is 3.56. The molecule has 0 heterocycles. The van der Waals surface area contributed by atoms with Gasteiger partial charge in [0.2, 0.25) is 0 Å². The zero-order chi connectivity index (χ0) is 35.9. The second kappa shape index (κ2) is 13.2. The van der Waals surface area contributed by atoms with Gasteiger partial charge in [0.1, 0.15) is 0 Å². The number of nitrogens with zero attached hydrogens (tertiary/aromatic N) is 1. The highest BCUT2D eigenvalue weighted by atomic mass is 15.1. The lowest BCUT2D eigenvalue weighted by atomic mass is 9.67. The van der Waals surface area contributed by atoms with E-state index in [1.807, 2.05) is 0 Å². The van der Waals surface area contributed by atoms with Crippen LogP contribution in [0, 0.1) is 0 Å². The summed E-state index contributed by atoms with van der Waals surface area (Å²) in [6.07, 6.45) is 0. The minimum absolute atomic E-state index is 0.481. The summed E-state index contributed by atoms with van der Waals surface area (Å²) in [5, 5.41) is 2.51. The average molecular weight is 688 g/mol. The van der Waals surface area contributed by atoms with E-state index in [9.17, 15) is 0 Å². The lowest BCUT2D eigenvalue weighted by molar-refractivity contribution is 0.768. The predicted molar refractivity (Wildman–Crippen MR) is 227 cm³/mol. The zero-order valence-corrected chi connectivity index (χ0v) is 29.8. The van der Waals surface area contributed by atoms with Gasteiger partial charge in [-0.05, 0) is 103 Å². The predicted octanol–water partition coefficient (Wildman–Crippen LogP) is 14.0. The van der Waals surface area contributed by atoms with Gasteiger partial charge in [0.15, 0.2) is 0 Å². The number of hydrogen-bond acceptors (Lipinski definition) is 1. The Morgan fingerprint density at radius 2 is 0.778 bits per heavy atom. The standard InChI is InChI=1S/C53H37N/c1-3-15-38(16-4-1)39-29-33-44(34-30-39)54(45-35-31-41(32-36-45)48-26-13-18-40-17-7-8-23-47(40)48)46-22-14-21-43(37-46)53(42-19-5-2-6-20-42)51-27-11-9-24-49(51)50-25-10-12-28-52(50)53/h1-37H. The molecule has 0 radical (unpaired) electrons. The fourth-order valence-electron chi connectivity index (χ4n) is 8.74. The topological polar surface area (TPSA) is 3.24 Å². The van der Waals surface area contributed by atoms with E-state index in [0.717, 1.165) is 17.1 Å². The van der Waals surface area contributed by atoms with Crippen LogP contribution in [0.25, 0.3) is 44.2 Å². The maximum atomic E-state index is 2.41. The van der Waals surface area contributed by atoms with Crippen LogP contribution in [0.2, 0.25) is 0 Å². The van der Waals surface area contributed by atoms with E-state index in [4.69, 9.17) is 0 Å². The third-order valence-corrected chi connectivity index (χ3v) is 11.2. The van der Waals surface area contributed by atoms with E-state index in [1.54, 1.807) is 0 Å². The molecule has 9 aromatic carbocycles. The van der Waals surface area contributed by atoms with Crippen LogP contribution in [0.4, 0.5) is 17.1 Å². The van der Waals surface area contributed by atoms with Gasteiger partial charge in [-0.2, -0.15) is 0 Å². The van der Waals surface area contributed by atoms with Gasteiger partial charge in [-0.25, -0.2) is 0 Å². The Balaban J connectivity index is 1.16. The van der Waals surface area contributed by atoms with Crippen molar-refractivity contribution >= 4 is 27.8 Å². The van der Waals surface area contributed by atoms with Crippen molar-refractivity contribution in [2.75, 3.05) is 4.90 Å². The summed E-state index contributed by atoms with van der Waals surface area (Å²) in [7, 11) is 0. The van der Waals surface area contributed by atoms with E-state index in [1.165, 1.54) is 66.4 Å². The zero-order valence-electron chi connectivity index (χ0n) is 29.8. The second-order valence-electron chi connectivity index (χ2n) is 14.1. The molecule has 10 rings (SSSR count). The monoisotopic (exact) mass is 687 g/mol. The van der Waals surface area contributed by atoms with E-state index >= 15 is 0 Å². The van der Waals surface area contributed by atoms with Gasteiger partial charge in [-0.3, -0.25) is 0 Å². The van der Waals surface area contributed by atoms with Gasteiger partial charge in [0, 0.05) is 17.1 Å². The Labute approximate surface area is 317 Å². The molecule has 1 nitrogen and oxygen atoms in total. The van der Waals surface area contributed by atoms with Gasteiger partial charge in [-0.15, -0.1) is 0 Å². The fourth-order valence-corrected chi connectivity index (χ4v) is 8.74. The minimum Gasteiger partial charge on any atom is -0.310 e. The molecule has 0 aromatic heterocycles. The highest BCUT2D eigenvalue weighted by Crippen LogP contribution is 2.56. The van der Waals surface area contributed by atoms with Gasteiger partial charge >= 0.3 is 0 Å². The lowest BCUT2D eigenvalue weighted by Crippen LogP contribution is -2.28. The van der Waals surface area contributed by atoms with Crippen LogP contribution < -0.4 is 4.90 Å². The first kappa shape index (κ1) is 31.7. The number of hydrogen-bond donors (Lipinski definition) is 0. The Hall–Kier alpha value is -6.96. The smallest absolute Gasteiger partial charge is 0.0714 e. The first-order chi connectivity index (χ1) is 26.8. The highest BCUT2D eigenvalue weighted by molar-refractivity contribution is 5.97. The second-order valence-corrected chi connectivity index (χ2v) is 14.1. The normalized spacial score (nSPS) is 12.6. The van der Waals surface area contributed by atoms with Gasteiger partial charge in [0.05, 0.1) is 5.41 Å². The van der Waals surface area contributed by atoms with Crippen LogP contribution in [-0.2, 0) is 5.41 Å². The van der Waals surface area contributed by atoms with Crippen molar-refractivity contribution in [1.29, 1.82) is 0 Å². The van der Waals surface area contributed by atoms with Crippen molar-refractivity contribution in [2.24, 2.45) is 0 Å². The summed E-state index contributed by atoms with van der Waals surface area (Å²) in [4.78, 5) is 2.40. The number of benzene rings is 9. The number of anilines is 3. The SMILES string of the molecule is c1ccc(-c2ccc(N(c3ccc(-c4cccc5ccccc45)cc3)c3cccc(C4(c5ccccc5)c5ccccc5-c5ccccc54)c3)cc2)cc1. The van der Waals surface area contributed by atoms with Crippen LogP contribution >= 0.6 is 0 Å².